The fourth-order valence-electron chi connectivity index (χ4n) is 2.22. The van der Waals surface area contributed by atoms with Gasteiger partial charge in [0.25, 0.3) is 0 Å². The third-order valence-electron chi connectivity index (χ3n) is 3.38. The lowest BCUT2D eigenvalue weighted by atomic mass is 9.98. The average molecular weight is 328 g/mol. The topological polar surface area (TPSA) is 42.0 Å². The number of rotatable bonds is 5. The van der Waals surface area contributed by atoms with Crippen LogP contribution in [0.25, 0.3) is 10.6 Å². The summed E-state index contributed by atoms with van der Waals surface area (Å²) in [5, 5.41) is 7.56. The summed E-state index contributed by atoms with van der Waals surface area (Å²) in [5.41, 5.74) is 2.10. The summed E-state index contributed by atoms with van der Waals surface area (Å²) in [4.78, 5) is 17.7. The van der Waals surface area contributed by atoms with Crippen LogP contribution in [0.15, 0.2) is 53.2 Å². The Bertz CT molecular complexity index is 735. The van der Waals surface area contributed by atoms with Crippen molar-refractivity contribution in [2.75, 3.05) is 5.32 Å². The number of amides is 1. The van der Waals surface area contributed by atoms with E-state index in [2.05, 4.69) is 29.4 Å². The molecular formula is C17H16N2OS2. The minimum Gasteiger partial charge on any atom is -0.302 e. The number of hydrogen-bond donors (Lipinski definition) is 1. The van der Waals surface area contributed by atoms with Gasteiger partial charge in [-0.3, -0.25) is 4.79 Å². The van der Waals surface area contributed by atoms with Gasteiger partial charge in [0.15, 0.2) is 5.13 Å². The van der Waals surface area contributed by atoms with E-state index in [9.17, 15) is 4.79 Å². The molecule has 2 aromatic heterocycles. The van der Waals surface area contributed by atoms with Crippen LogP contribution in [0.5, 0.6) is 0 Å². The highest BCUT2D eigenvalue weighted by Gasteiger charge is 2.13. The van der Waals surface area contributed by atoms with E-state index in [0.717, 1.165) is 10.6 Å². The van der Waals surface area contributed by atoms with E-state index in [1.54, 1.807) is 11.3 Å². The Kier molecular flexibility index (Phi) is 4.65. The monoisotopic (exact) mass is 328 g/mol. The van der Waals surface area contributed by atoms with Gasteiger partial charge in [-0.15, -0.1) is 22.7 Å². The van der Waals surface area contributed by atoms with Crippen molar-refractivity contribution in [3.8, 4) is 10.6 Å². The van der Waals surface area contributed by atoms with E-state index < -0.39 is 0 Å². The molecule has 5 heteroatoms. The summed E-state index contributed by atoms with van der Waals surface area (Å²) in [6, 6.07) is 14.1. The largest absolute Gasteiger partial charge is 0.302 e. The Balaban J connectivity index is 1.60. The normalized spacial score (nSPS) is 12.0. The van der Waals surface area contributed by atoms with Crippen molar-refractivity contribution in [1.29, 1.82) is 0 Å². The molecule has 112 valence electrons. The third kappa shape index (κ3) is 3.61. The third-order valence-corrected chi connectivity index (χ3v) is 5.03. The fourth-order valence-corrected chi connectivity index (χ4v) is 3.70. The highest BCUT2D eigenvalue weighted by atomic mass is 32.1. The van der Waals surface area contributed by atoms with Crippen molar-refractivity contribution in [3.63, 3.8) is 0 Å². The molecule has 0 radical (unpaired) electrons. The summed E-state index contributed by atoms with van der Waals surface area (Å²) in [6.45, 7) is 2.06. The van der Waals surface area contributed by atoms with Crippen LogP contribution in [0.2, 0.25) is 0 Å². The summed E-state index contributed by atoms with van der Waals surface area (Å²) in [7, 11) is 0. The number of thiazole rings is 1. The molecular weight excluding hydrogens is 312 g/mol. The Morgan fingerprint density at radius 1 is 1.18 bits per heavy atom. The molecule has 0 saturated carbocycles. The molecule has 1 amide bonds. The number of nitrogens with zero attached hydrogens (tertiary/aromatic N) is 1. The molecule has 1 unspecified atom stereocenters. The van der Waals surface area contributed by atoms with Gasteiger partial charge >= 0.3 is 0 Å². The summed E-state index contributed by atoms with van der Waals surface area (Å²) in [6.07, 6.45) is 0.456. The van der Waals surface area contributed by atoms with Gasteiger partial charge in [-0.05, 0) is 22.9 Å². The molecule has 1 aromatic carbocycles. The van der Waals surface area contributed by atoms with Crippen molar-refractivity contribution in [1.82, 2.24) is 4.98 Å². The molecule has 0 aliphatic carbocycles. The highest BCUT2D eigenvalue weighted by molar-refractivity contribution is 7.16. The molecule has 3 nitrogen and oxygen atoms in total. The zero-order valence-corrected chi connectivity index (χ0v) is 13.8. The van der Waals surface area contributed by atoms with Gasteiger partial charge in [0.1, 0.15) is 0 Å². The summed E-state index contributed by atoms with van der Waals surface area (Å²) in [5.74, 6) is 0.196. The van der Waals surface area contributed by atoms with Crippen molar-refractivity contribution in [3.05, 3.63) is 58.8 Å². The molecule has 22 heavy (non-hydrogen) atoms. The predicted molar refractivity (Wildman–Crippen MR) is 93.5 cm³/mol. The summed E-state index contributed by atoms with van der Waals surface area (Å²) >= 11 is 3.11. The van der Waals surface area contributed by atoms with Crippen molar-refractivity contribution in [2.24, 2.45) is 0 Å². The molecule has 3 rings (SSSR count). The second kappa shape index (κ2) is 6.85. The average Bonchev–Trinajstić information content (AvgIpc) is 3.19. The van der Waals surface area contributed by atoms with Gasteiger partial charge < -0.3 is 5.32 Å². The SMILES string of the molecule is CC(CC(=O)Nc1nc(-c2cccs2)cs1)c1ccccc1. The van der Waals surface area contributed by atoms with Gasteiger partial charge in [-0.2, -0.15) is 0 Å². The minimum atomic E-state index is 0.00318. The van der Waals surface area contributed by atoms with Crippen LogP contribution >= 0.6 is 22.7 Å². The number of hydrogen-bond acceptors (Lipinski definition) is 4. The van der Waals surface area contributed by atoms with Crippen LogP contribution in [0.3, 0.4) is 0 Å². The van der Waals surface area contributed by atoms with Crippen LogP contribution < -0.4 is 5.32 Å². The molecule has 2 heterocycles. The highest BCUT2D eigenvalue weighted by Crippen LogP contribution is 2.28. The van der Waals surface area contributed by atoms with E-state index in [4.69, 9.17) is 0 Å². The van der Waals surface area contributed by atoms with Crippen molar-refractivity contribution < 1.29 is 4.79 Å². The number of nitrogens with one attached hydrogen (secondary N) is 1. The molecule has 0 fully saturated rings. The fraction of sp³-hybridized carbons (Fsp3) is 0.176. The van der Waals surface area contributed by atoms with E-state index in [1.165, 1.54) is 16.9 Å². The van der Waals surface area contributed by atoms with E-state index in [0.29, 0.717) is 11.6 Å². The maximum Gasteiger partial charge on any atom is 0.226 e. The molecule has 0 aliphatic rings. The Morgan fingerprint density at radius 2 is 2.00 bits per heavy atom. The van der Waals surface area contributed by atoms with Gasteiger partial charge in [-0.1, -0.05) is 43.3 Å². The van der Waals surface area contributed by atoms with Crippen LogP contribution in [0, 0.1) is 0 Å². The number of carbonyl (C=O) groups excluding carboxylic acids is 1. The quantitative estimate of drug-likeness (QED) is 0.716. The zero-order chi connectivity index (χ0) is 15.4. The number of aromatic nitrogens is 1. The van der Waals surface area contributed by atoms with Gasteiger partial charge in [0.2, 0.25) is 5.91 Å². The van der Waals surface area contributed by atoms with Gasteiger partial charge in [0, 0.05) is 11.8 Å². The predicted octanol–water partition coefficient (Wildman–Crippen LogP) is 5.00. The maximum absolute atomic E-state index is 12.2. The van der Waals surface area contributed by atoms with Crippen LogP contribution in [-0.2, 0) is 4.79 Å². The standard InChI is InChI=1S/C17H16N2OS2/c1-12(13-6-3-2-4-7-13)10-16(20)19-17-18-14(11-22-17)15-8-5-9-21-15/h2-9,11-12H,10H2,1H3,(H,18,19,20). The van der Waals surface area contributed by atoms with Crippen LogP contribution in [-0.4, -0.2) is 10.9 Å². The Hall–Kier alpha value is -1.98. The van der Waals surface area contributed by atoms with Crippen LogP contribution in [0.4, 0.5) is 5.13 Å². The minimum absolute atomic E-state index is 0.00318. The lowest BCUT2D eigenvalue weighted by Gasteiger charge is -2.10. The number of carbonyl (C=O) groups is 1. The smallest absolute Gasteiger partial charge is 0.226 e. The number of thiophene rings is 1. The van der Waals surface area contributed by atoms with E-state index >= 15 is 0 Å². The molecule has 0 aliphatic heterocycles. The molecule has 1 N–H and O–H groups in total. The number of anilines is 1. The van der Waals surface area contributed by atoms with Gasteiger partial charge in [0.05, 0.1) is 10.6 Å². The lowest BCUT2D eigenvalue weighted by Crippen LogP contribution is -2.14. The first-order valence-electron chi connectivity index (χ1n) is 7.06. The van der Waals surface area contributed by atoms with Gasteiger partial charge in [-0.25, -0.2) is 4.98 Å². The second-order valence-electron chi connectivity index (χ2n) is 5.08. The van der Waals surface area contributed by atoms with Crippen molar-refractivity contribution in [2.45, 2.75) is 19.3 Å². The zero-order valence-electron chi connectivity index (χ0n) is 12.2. The molecule has 0 saturated heterocycles. The number of benzene rings is 1. The lowest BCUT2D eigenvalue weighted by molar-refractivity contribution is -0.116. The molecule has 0 bridgehead atoms. The molecule has 3 aromatic rings. The van der Waals surface area contributed by atoms with Crippen LogP contribution in [0.1, 0.15) is 24.8 Å². The Labute approximate surface area is 137 Å². The van der Waals surface area contributed by atoms with Crippen molar-refractivity contribution >= 4 is 33.7 Å². The Morgan fingerprint density at radius 3 is 2.73 bits per heavy atom. The van der Waals surface area contributed by atoms with E-state index in [1.807, 2.05) is 41.1 Å². The maximum atomic E-state index is 12.2. The first kappa shape index (κ1) is 14.9. The van der Waals surface area contributed by atoms with E-state index in [-0.39, 0.29) is 11.8 Å². The summed E-state index contributed by atoms with van der Waals surface area (Å²) < 4.78 is 0. The molecule has 0 spiro atoms. The molecule has 1 atom stereocenters. The first-order chi connectivity index (χ1) is 10.7. The first-order valence-corrected chi connectivity index (χ1v) is 8.82. The second-order valence-corrected chi connectivity index (χ2v) is 6.89.